The summed E-state index contributed by atoms with van der Waals surface area (Å²) in [5, 5.41) is 2.05. The standard InChI is InChI=1S/C15H12N2O/c1-17-10-16-9-14(17)15(18)13-8-4-6-11-5-2-3-7-12(11)13/h2-10H,1H3. The highest BCUT2D eigenvalue weighted by Crippen LogP contribution is 2.21. The lowest BCUT2D eigenvalue weighted by molar-refractivity contribution is 0.103. The van der Waals surface area contributed by atoms with Crippen molar-refractivity contribution >= 4 is 16.6 Å². The number of imidazole rings is 1. The van der Waals surface area contributed by atoms with Gasteiger partial charge in [0, 0.05) is 12.6 Å². The predicted molar refractivity (Wildman–Crippen MR) is 70.6 cm³/mol. The van der Waals surface area contributed by atoms with Crippen LogP contribution in [0.2, 0.25) is 0 Å². The van der Waals surface area contributed by atoms with E-state index in [0.717, 1.165) is 16.3 Å². The van der Waals surface area contributed by atoms with Crippen molar-refractivity contribution in [1.82, 2.24) is 9.55 Å². The lowest BCUT2D eigenvalue weighted by Gasteiger charge is -2.05. The molecule has 3 rings (SSSR count). The number of hydrogen-bond acceptors (Lipinski definition) is 2. The number of benzene rings is 2. The Hall–Kier alpha value is -2.42. The number of fused-ring (bicyclic) bond motifs is 1. The molecule has 0 N–H and O–H groups in total. The topological polar surface area (TPSA) is 34.9 Å². The highest BCUT2D eigenvalue weighted by Gasteiger charge is 2.14. The van der Waals surface area contributed by atoms with Crippen molar-refractivity contribution < 1.29 is 4.79 Å². The quantitative estimate of drug-likeness (QED) is 0.641. The van der Waals surface area contributed by atoms with E-state index in [9.17, 15) is 4.79 Å². The fraction of sp³-hybridized carbons (Fsp3) is 0.0667. The summed E-state index contributed by atoms with van der Waals surface area (Å²) in [6.07, 6.45) is 3.24. The summed E-state index contributed by atoms with van der Waals surface area (Å²) >= 11 is 0. The first-order chi connectivity index (χ1) is 8.77. The van der Waals surface area contributed by atoms with Gasteiger partial charge < -0.3 is 4.57 Å². The van der Waals surface area contributed by atoms with Crippen molar-refractivity contribution in [2.24, 2.45) is 7.05 Å². The van der Waals surface area contributed by atoms with Crippen molar-refractivity contribution in [3.05, 3.63) is 66.2 Å². The molecule has 18 heavy (non-hydrogen) atoms. The van der Waals surface area contributed by atoms with Crippen molar-refractivity contribution in [1.29, 1.82) is 0 Å². The molecule has 0 fully saturated rings. The molecule has 0 aliphatic heterocycles. The number of carbonyl (C=O) groups excluding carboxylic acids is 1. The maximum Gasteiger partial charge on any atom is 0.211 e. The smallest absolute Gasteiger partial charge is 0.211 e. The first-order valence-corrected chi connectivity index (χ1v) is 5.76. The molecule has 3 nitrogen and oxygen atoms in total. The lowest BCUT2D eigenvalue weighted by atomic mass is 10.0. The molecular formula is C15H12N2O. The van der Waals surface area contributed by atoms with Gasteiger partial charge in [0.15, 0.2) is 0 Å². The second-order valence-electron chi connectivity index (χ2n) is 4.25. The largest absolute Gasteiger partial charge is 0.331 e. The third-order valence-electron chi connectivity index (χ3n) is 3.08. The van der Waals surface area contributed by atoms with Crippen LogP contribution >= 0.6 is 0 Å². The van der Waals surface area contributed by atoms with Crippen LogP contribution in [0.15, 0.2) is 55.0 Å². The molecule has 3 heteroatoms. The van der Waals surface area contributed by atoms with E-state index in [0.29, 0.717) is 5.69 Å². The van der Waals surface area contributed by atoms with Gasteiger partial charge in [-0.05, 0) is 10.8 Å². The number of nitrogens with zero attached hydrogens (tertiary/aromatic N) is 2. The molecule has 0 atom stereocenters. The highest BCUT2D eigenvalue weighted by atomic mass is 16.1. The molecule has 3 aromatic rings. The summed E-state index contributed by atoms with van der Waals surface area (Å²) in [5.74, 6) is 0.00630. The number of rotatable bonds is 2. The summed E-state index contributed by atoms with van der Waals surface area (Å²) in [4.78, 5) is 16.5. The fourth-order valence-electron chi connectivity index (χ4n) is 2.14. The van der Waals surface area contributed by atoms with Crippen LogP contribution < -0.4 is 0 Å². The SMILES string of the molecule is Cn1cncc1C(=O)c1cccc2ccccc12. The zero-order valence-corrected chi connectivity index (χ0v) is 10.00. The van der Waals surface area contributed by atoms with E-state index in [4.69, 9.17) is 0 Å². The Morgan fingerprint density at radius 3 is 2.67 bits per heavy atom. The van der Waals surface area contributed by atoms with Crippen LogP contribution in [0.3, 0.4) is 0 Å². The zero-order valence-electron chi connectivity index (χ0n) is 10.00. The number of carbonyl (C=O) groups is 1. The number of aryl methyl sites for hydroxylation is 1. The third kappa shape index (κ3) is 1.61. The molecular weight excluding hydrogens is 224 g/mol. The minimum atomic E-state index is 0.00630. The molecule has 0 radical (unpaired) electrons. The number of aromatic nitrogens is 2. The Morgan fingerprint density at radius 1 is 1.11 bits per heavy atom. The molecule has 0 spiro atoms. The first kappa shape index (κ1) is 10.7. The van der Waals surface area contributed by atoms with Gasteiger partial charge in [0.2, 0.25) is 5.78 Å². The molecule has 0 saturated carbocycles. The average Bonchev–Trinajstić information content (AvgIpc) is 2.83. The summed E-state index contributed by atoms with van der Waals surface area (Å²) < 4.78 is 1.74. The maximum atomic E-state index is 12.5. The maximum absolute atomic E-state index is 12.5. The molecule has 88 valence electrons. The predicted octanol–water partition coefficient (Wildman–Crippen LogP) is 2.80. The second-order valence-corrected chi connectivity index (χ2v) is 4.25. The normalized spacial score (nSPS) is 10.7. The zero-order chi connectivity index (χ0) is 12.5. The van der Waals surface area contributed by atoms with E-state index in [-0.39, 0.29) is 5.78 Å². The van der Waals surface area contributed by atoms with E-state index >= 15 is 0 Å². The molecule has 0 aliphatic rings. The molecule has 1 heterocycles. The highest BCUT2D eigenvalue weighted by molar-refractivity contribution is 6.15. The monoisotopic (exact) mass is 236 g/mol. The van der Waals surface area contributed by atoms with E-state index in [1.807, 2.05) is 49.5 Å². The average molecular weight is 236 g/mol. The van der Waals surface area contributed by atoms with Gasteiger partial charge in [0.25, 0.3) is 0 Å². The van der Waals surface area contributed by atoms with Gasteiger partial charge in [-0.2, -0.15) is 0 Å². The van der Waals surface area contributed by atoms with Gasteiger partial charge in [0.05, 0.1) is 12.5 Å². The van der Waals surface area contributed by atoms with Crippen molar-refractivity contribution in [2.45, 2.75) is 0 Å². The molecule has 0 saturated heterocycles. The van der Waals surface area contributed by atoms with Gasteiger partial charge in [-0.15, -0.1) is 0 Å². The van der Waals surface area contributed by atoms with E-state index in [1.54, 1.807) is 17.1 Å². The van der Waals surface area contributed by atoms with Crippen LogP contribution in [0.5, 0.6) is 0 Å². The first-order valence-electron chi connectivity index (χ1n) is 5.76. The van der Waals surface area contributed by atoms with Crippen molar-refractivity contribution in [3.8, 4) is 0 Å². The summed E-state index contributed by atoms with van der Waals surface area (Å²) in [6, 6.07) is 13.7. The van der Waals surface area contributed by atoms with Crippen LogP contribution in [0.1, 0.15) is 16.1 Å². The van der Waals surface area contributed by atoms with Gasteiger partial charge in [0.1, 0.15) is 5.69 Å². The van der Waals surface area contributed by atoms with Crippen LogP contribution in [-0.2, 0) is 7.05 Å². The third-order valence-corrected chi connectivity index (χ3v) is 3.08. The van der Waals surface area contributed by atoms with Crippen LogP contribution in [0, 0.1) is 0 Å². The Morgan fingerprint density at radius 2 is 1.89 bits per heavy atom. The lowest BCUT2D eigenvalue weighted by Crippen LogP contribution is -2.07. The fourth-order valence-corrected chi connectivity index (χ4v) is 2.14. The Kier molecular flexibility index (Phi) is 2.45. The molecule has 2 aromatic carbocycles. The van der Waals surface area contributed by atoms with Crippen LogP contribution in [-0.4, -0.2) is 15.3 Å². The van der Waals surface area contributed by atoms with E-state index in [1.165, 1.54) is 0 Å². The second kappa shape index (κ2) is 4.11. The van der Waals surface area contributed by atoms with Gasteiger partial charge in [-0.1, -0.05) is 42.5 Å². The van der Waals surface area contributed by atoms with Crippen LogP contribution in [0.25, 0.3) is 10.8 Å². The van der Waals surface area contributed by atoms with Crippen molar-refractivity contribution in [2.75, 3.05) is 0 Å². The minimum Gasteiger partial charge on any atom is -0.331 e. The summed E-state index contributed by atoms with van der Waals surface area (Å²) in [5.41, 5.74) is 1.32. The number of ketones is 1. The van der Waals surface area contributed by atoms with Crippen molar-refractivity contribution in [3.63, 3.8) is 0 Å². The van der Waals surface area contributed by atoms with E-state index < -0.39 is 0 Å². The Bertz CT molecular complexity index is 723. The molecule has 1 aromatic heterocycles. The van der Waals surface area contributed by atoms with Gasteiger partial charge >= 0.3 is 0 Å². The van der Waals surface area contributed by atoms with Gasteiger partial charge in [-0.3, -0.25) is 4.79 Å². The summed E-state index contributed by atoms with van der Waals surface area (Å²) in [7, 11) is 1.82. The molecule has 0 unspecified atom stereocenters. The van der Waals surface area contributed by atoms with Gasteiger partial charge in [-0.25, -0.2) is 4.98 Å². The minimum absolute atomic E-state index is 0.00630. The Labute approximate surface area is 105 Å². The van der Waals surface area contributed by atoms with E-state index in [2.05, 4.69) is 4.98 Å². The molecule has 0 aliphatic carbocycles. The molecule has 0 amide bonds. The summed E-state index contributed by atoms with van der Waals surface area (Å²) in [6.45, 7) is 0. The van der Waals surface area contributed by atoms with Crippen LogP contribution in [0.4, 0.5) is 0 Å². The Balaban J connectivity index is 2.21. The number of hydrogen-bond donors (Lipinski definition) is 0. The molecule has 0 bridgehead atoms.